The van der Waals surface area contributed by atoms with Crippen molar-refractivity contribution in [2.45, 2.75) is 32.2 Å². The predicted octanol–water partition coefficient (Wildman–Crippen LogP) is 3.23. The monoisotopic (exact) mass is 305 g/mol. The minimum atomic E-state index is 0.517. The fraction of sp³-hybridized carbons (Fsp3) is 0.438. The van der Waals surface area contributed by atoms with Gasteiger partial charge in [-0.1, -0.05) is 28.9 Å². The lowest BCUT2D eigenvalue weighted by Crippen LogP contribution is -2.22. The fourth-order valence-corrected chi connectivity index (χ4v) is 2.91. The molecule has 1 aliphatic rings. The number of hydrogen-bond acceptors (Lipinski definition) is 4. The molecule has 2 aromatic rings. The topological polar surface area (TPSA) is 64.1 Å². The van der Waals surface area contributed by atoms with Crippen molar-refractivity contribution in [3.05, 3.63) is 40.1 Å². The van der Waals surface area contributed by atoms with Crippen molar-refractivity contribution in [3.63, 3.8) is 0 Å². The molecule has 1 saturated carbocycles. The molecule has 21 heavy (non-hydrogen) atoms. The van der Waals surface area contributed by atoms with E-state index in [1.807, 2.05) is 25.1 Å². The number of benzene rings is 1. The van der Waals surface area contributed by atoms with Crippen molar-refractivity contribution in [1.82, 2.24) is 10.5 Å². The summed E-state index contributed by atoms with van der Waals surface area (Å²) in [5.41, 5.74) is 9.63. The molecule has 1 heterocycles. The summed E-state index contributed by atoms with van der Waals surface area (Å²) in [6.07, 6.45) is 2.36. The lowest BCUT2D eigenvalue weighted by atomic mass is 10.00. The number of hydrogen-bond donors (Lipinski definition) is 2. The van der Waals surface area contributed by atoms with Crippen LogP contribution in [0.2, 0.25) is 5.02 Å². The van der Waals surface area contributed by atoms with Gasteiger partial charge in [-0.2, -0.15) is 0 Å². The maximum Gasteiger partial charge on any atom is 0.144 e. The van der Waals surface area contributed by atoms with Gasteiger partial charge in [-0.05, 0) is 31.4 Å². The van der Waals surface area contributed by atoms with Crippen LogP contribution in [-0.4, -0.2) is 18.2 Å². The van der Waals surface area contributed by atoms with E-state index in [2.05, 4.69) is 10.5 Å². The van der Waals surface area contributed by atoms with Gasteiger partial charge in [-0.3, -0.25) is 0 Å². The fourth-order valence-electron chi connectivity index (χ4n) is 2.60. The number of rotatable bonds is 6. The molecule has 0 unspecified atom stereocenters. The average molecular weight is 306 g/mol. The first-order valence-corrected chi connectivity index (χ1v) is 7.75. The van der Waals surface area contributed by atoms with Crippen molar-refractivity contribution in [2.24, 2.45) is 5.73 Å². The zero-order valence-corrected chi connectivity index (χ0v) is 12.9. The standard InChI is InChI=1S/C16H20ClN3O/c1-10-3-2-4-13(17)14(10)15-12(9-19-8-7-18)16(21-20-15)11-5-6-11/h2-4,11,19H,5-9,18H2,1H3. The Morgan fingerprint density at radius 2 is 2.24 bits per heavy atom. The molecular weight excluding hydrogens is 286 g/mol. The van der Waals surface area contributed by atoms with Gasteiger partial charge >= 0.3 is 0 Å². The highest BCUT2D eigenvalue weighted by molar-refractivity contribution is 6.33. The van der Waals surface area contributed by atoms with Gasteiger partial charge in [0.15, 0.2) is 0 Å². The zero-order chi connectivity index (χ0) is 14.8. The molecule has 0 spiro atoms. The Morgan fingerprint density at radius 3 is 2.90 bits per heavy atom. The van der Waals surface area contributed by atoms with Crippen LogP contribution in [0.25, 0.3) is 11.3 Å². The van der Waals surface area contributed by atoms with Crippen molar-refractivity contribution in [1.29, 1.82) is 0 Å². The van der Waals surface area contributed by atoms with E-state index in [9.17, 15) is 0 Å². The number of aromatic nitrogens is 1. The van der Waals surface area contributed by atoms with Gasteiger partial charge in [0, 0.05) is 36.7 Å². The minimum Gasteiger partial charge on any atom is -0.360 e. The predicted molar refractivity (Wildman–Crippen MR) is 84.4 cm³/mol. The Bertz CT molecular complexity index is 614. The van der Waals surface area contributed by atoms with E-state index in [1.165, 1.54) is 12.8 Å². The first-order chi connectivity index (χ1) is 10.2. The van der Waals surface area contributed by atoms with Crippen LogP contribution in [0.5, 0.6) is 0 Å². The van der Waals surface area contributed by atoms with Gasteiger partial charge < -0.3 is 15.6 Å². The molecule has 3 N–H and O–H groups in total. The third-order valence-corrected chi connectivity index (χ3v) is 4.16. The minimum absolute atomic E-state index is 0.517. The molecule has 5 heteroatoms. The second-order valence-electron chi connectivity index (χ2n) is 5.55. The molecule has 0 radical (unpaired) electrons. The number of halogens is 1. The summed E-state index contributed by atoms with van der Waals surface area (Å²) in [6, 6.07) is 5.89. The van der Waals surface area contributed by atoms with Crippen LogP contribution in [0.1, 0.15) is 35.6 Å². The summed E-state index contributed by atoms with van der Waals surface area (Å²) >= 11 is 6.38. The number of nitrogens with one attached hydrogen (secondary N) is 1. The molecule has 4 nitrogen and oxygen atoms in total. The van der Waals surface area contributed by atoms with Gasteiger partial charge in [0.2, 0.25) is 0 Å². The maximum atomic E-state index is 6.38. The van der Waals surface area contributed by atoms with Gasteiger partial charge in [0.05, 0.1) is 5.02 Å². The van der Waals surface area contributed by atoms with Crippen LogP contribution in [0, 0.1) is 6.92 Å². The Kier molecular flexibility index (Phi) is 4.29. The highest BCUT2D eigenvalue weighted by atomic mass is 35.5. The second-order valence-corrected chi connectivity index (χ2v) is 5.95. The molecule has 0 amide bonds. The summed E-state index contributed by atoms with van der Waals surface area (Å²) in [6.45, 7) is 4.15. The third kappa shape index (κ3) is 2.98. The van der Waals surface area contributed by atoms with Crippen LogP contribution in [-0.2, 0) is 6.54 Å². The van der Waals surface area contributed by atoms with Gasteiger partial charge in [-0.15, -0.1) is 0 Å². The molecule has 0 atom stereocenters. The first kappa shape index (κ1) is 14.6. The van der Waals surface area contributed by atoms with Crippen LogP contribution >= 0.6 is 11.6 Å². The molecule has 3 rings (SSSR count). The number of aryl methyl sites for hydroxylation is 1. The average Bonchev–Trinajstić information content (AvgIpc) is 3.22. The summed E-state index contributed by atoms with van der Waals surface area (Å²) in [7, 11) is 0. The summed E-state index contributed by atoms with van der Waals surface area (Å²) in [5, 5.41) is 8.37. The van der Waals surface area contributed by atoms with Crippen molar-refractivity contribution in [2.75, 3.05) is 13.1 Å². The molecule has 1 aromatic heterocycles. The molecular formula is C16H20ClN3O. The molecule has 0 aliphatic heterocycles. The first-order valence-electron chi connectivity index (χ1n) is 7.37. The van der Waals surface area contributed by atoms with Crippen LogP contribution < -0.4 is 11.1 Å². The van der Waals surface area contributed by atoms with Crippen molar-refractivity contribution >= 4 is 11.6 Å². The molecule has 1 fully saturated rings. The van der Waals surface area contributed by atoms with E-state index in [4.69, 9.17) is 21.9 Å². The van der Waals surface area contributed by atoms with Gasteiger partial charge in [-0.25, -0.2) is 0 Å². The molecule has 1 aliphatic carbocycles. The second kappa shape index (κ2) is 6.18. The Hall–Kier alpha value is -1.36. The highest BCUT2D eigenvalue weighted by Gasteiger charge is 2.32. The van der Waals surface area contributed by atoms with Crippen LogP contribution in [0.4, 0.5) is 0 Å². The van der Waals surface area contributed by atoms with E-state index < -0.39 is 0 Å². The van der Waals surface area contributed by atoms with Crippen molar-refractivity contribution in [3.8, 4) is 11.3 Å². The molecule has 0 bridgehead atoms. The number of nitrogens with two attached hydrogens (primary N) is 1. The van der Waals surface area contributed by atoms with Crippen molar-refractivity contribution < 1.29 is 4.52 Å². The molecule has 112 valence electrons. The lowest BCUT2D eigenvalue weighted by Gasteiger charge is -2.09. The quantitative estimate of drug-likeness (QED) is 0.804. The third-order valence-electron chi connectivity index (χ3n) is 3.85. The van der Waals surface area contributed by atoms with Crippen LogP contribution in [0.3, 0.4) is 0 Å². The number of nitrogens with zero attached hydrogens (tertiary/aromatic N) is 1. The smallest absolute Gasteiger partial charge is 0.144 e. The summed E-state index contributed by atoms with van der Waals surface area (Å²) in [5.74, 6) is 1.53. The van der Waals surface area contributed by atoms with Crippen LogP contribution in [0.15, 0.2) is 22.7 Å². The molecule has 1 aromatic carbocycles. The van der Waals surface area contributed by atoms with Gasteiger partial charge in [0.1, 0.15) is 11.5 Å². The van der Waals surface area contributed by atoms with E-state index in [-0.39, 0.29) is 0 Å². The maximum absolute atomic E-state index is 6.38. The van der Waals surface area contributed by atoms with E-state index in [0.717, 1.165) is 34.7 Å². The Balaban J connectivity index is 2.01. The van der Waals surface area contributed by atoms with E-state index in [0.29, 0.717) is 24.0 Å². The normalized spacial score (nSPS) is 14.6. The largest absolute Gasteiger partial charge is 0.360 e. The Labute approximate surface area is 129 Å². The van der Waals surface area contributed by atoms with E-state index in [1.54, 1.807) is 0 Å². The molecule has 0 saturated heterocycles. The zero-order valence-electron chi connectivity index (χ0n) is 12.2. The Morgan fingerprint density at radius 1 is 1.43 bits per heavy atom. The van der Waals surface area contributed by atoms with E-state index >= 15 is 0 Å². The SMILES string of the molecule is Cc1cccc(Cl)c1-c1noc(C2CC2)c1CNCCN. The highest BCUT2D eigenvalue weighted by Crippen LogP contribution is 2.45. The summed E-state index contributed by atoms with van der Waals surface area (Å²) < 4.78 is 5.63. The summed E-state index contributed by atoms with van der Waals surface area (Å²) in [4.78, 5) is 0. The lowest BCUT2D eigenvalue weighted by molar-refractivity contribution is 0.384. The van der Waals surface area contributed by atoms with Gasteiger partial charge in [0.25, 0.3) is 0 Å².